The van der Waals surface area contributed by atoms with E-state index in [1.165, 1.54) is 12.7 Å². The number of rotatable bonds is 20. The number of alkyl halides is 1. The van der Waals surface area contributed by atoms with Gasteiger partial charge in [-0.25, -0.2) is 29.9 Å². The second kappa shape index (κ2) is 26.9. The average molecular weight is 1060 g/mol. The third-order valence-corrected chi connectivity index (χ3v) is 13.1. The van der Waals surface area contributed by atoms with Crippen molar-refractivity contribution in [3.8, 4) is 0 Å². The number of ether oxygens (including phenoxy) is 8. The van der Waals surface area contributed by atoms with Crippen LogP contribution in [0.2, 0.25) is 0 Å². The van der Waals surface area contributed by atoms with E-state index in [0.717, 1.165) is 61.9 Å². The van der Waals surface area contributed by atoms with E-state index < -0.39 is 11.6 Å². The van der Waals surface area contributed by atoms with Gasteiger partial charge in [-0.15, -0.1) is 0 Å². The molecule has 0 aromatic carbocycles. The molecular formula is C44H68BrN10NaO10S2. The zero-order chi connectivity index (χ0) is 48.1. The van der Waals surface area contributed by atoms with Gasteiger partial charge in [0.1, 0.15) is 42.6 Å². The molecule has 0 saturated carbocycles. The van der Waals surface area contributed by atoms with E-state index in [4.69, 9.17) is 43.6 Å². The van der Waals surface area contributed by atoms with Gasteiger partial charge in [-0.1, -0.05) is 28.8 Å². The molecule has 8 atom stereocenters. The molecule has 4 saturated heterocycles. The smallest absolute Gasteiger partial charge is 1.00 e. The molecule has 20 nitrogen and oxygen atoms in total. The topological polar surface area (TPSA) is 233 Å². The van der Waals surface area contributed by atoms with Gasteiger partial charge in [0.05, 0.1) is 38.1 Å². The van der Waals surface area contributed by atoms with Crippen molar-refractivity contribution < 1.29 is 78.5 Å². The second-order valence-corrected chi connectivity index (χ2v) is 19.8. The quantitative estimate of drug-likeness (QED) is 0.0552. The predicted octanol–water partition coefficient (Wildman–Crippen LogP) is 3.95. The Morgan fingerprint density at radius 1 is 0.706 bits per heavy atom. The predicted molar refractivity (Wildman–Crippen MR) is 261 cm³/mol. The van der Waals surface area contributed by atoms with Gasteiger partial charge < -0.3 is 50.4 Å². The first-order valence-corrected chi connectivity index (χ1v) is 26.9. The molecule has 4 aromatic heterocycles. The Kier molecular flexibility index (Phi) is 22.3. The SMILES string of the molecule is CCOC(=O)CCCCCBr.CCOC(=O)CCCCCNc1ncnc2c1ncn2[C@@H]1O[C@H](CSC)[C@H]2OC(C)(C)O[C@H]21.CSC[C@H]1O[C@@H](n2cnc3c(N)ncnc32)[C@@H]2OC(C)(C)O[C@@H]21.[H-].[Na+]. The number of hydrogen-bond donors (Lipinski definition) is 2. The van der Waals surface area contributed by atoms with Crippen molar-refractivity contribution in [1.82, 2.24) is 39.0 Å². The number of anilines is 2. The van der Waals surface area contributed by atoms with Crippen LogP contribution in [0.15, 0.2) is 25.3 Å². The molecule has 4 aromatic rings. The largest absolute Gasteiger partial charge is 1.00 e. The summed E-state index contributed by atoms with van der Waals surface area (Å²) in [5, 5.41) is 4.37. The number of halogens is 1. The number of nitrogens with two attached hydrogens (primary N) is 1. The first kappa shape index (κ1) is 56.5. The minimum absolute atomic E-state index is 0. The molecule has 24 heteroatoms. The Morgan fingerprint density at radius 2 is 1.18 bits per heavy atom. The molecule has 4 aliphatic heterocycles. The molecule has 4 aliphatic rings. The Labute approximate surface area is 439 Å². The summed E-state index contributed by atoms with van der Waals surface area (Å²) in [6.45, 7) is 13.0. The zero-order valence-electron chi connectivity index (χ0n) is 41.8. The number of aromatic nitrogens is 8. The summed E-state index contributed by atoms with van der Waals surface area (Å²) in [4.78, 5) is 48.2. The van der Waals surface area contributed by atoms with Gasteiger partial charge in [-0.05, 0) is 79.7 Å². The Bertz CT molecular complexity index is 2220. The van der Waals surface area contributed by atoms with E-state index in [0.29, 0.717) is 60.0 Å². The van der Waals surface area contributed by atoms with Crippen molar-refractivity contribution in [2.45, 2.75) is 154 Å². The number of nitrogens with zero attached hydrogens (tertiary/aromatic N) is 8. The van der Waals surface area contributed by atoms with Gasteiger partial charge in [0, 0.05) is 36.2 Å². The van der Waals surface area contributed by atoms with E-state index >= 15 is 0 Å². The number of unbranched alkanes of at least 4 members (excludes halogenated alkanes) is 4. The minimum Gasteiger partial charge on any atom is -1.00 e. The van der Waals surface area contributed by atoms with Crippen LogP contribution in [-0.2, 0) is 47.5 Å². The Balaban J connectivity index is 0.000000250. The minimum atomic E-state index is -0.653. The molecule has 4 fully saturated rings. The Morgan fingerprint density at radius 3 is 1.68 bits per heavy atom. The molecule has 68 heavy (non-hydrogen) atoms. The van der Waals surface area contributed by atoms with Crippen LogP contribution in [0.1, 0.15) is 107 Å². The molecule has 0 aliphatic carbocycles. The van der Waals surface area contributed by atoms with Crippen molar-refractivity contribution in [1.29, 1.82) is 0 Å². The van der Waals surface area contributed by atoms with Gasteiger partial charge in [-0.3, -0.25) is 18.7 Å². The number of carbonyl (C=O) groups excluding carboxylic acids is 2. The fourth-order valence-electron chi connectivity index (χ4n) is 8.37. The van der Waals surface area contributed by atoms with Crippen LogP contribution in [0.5, 0.6) is 0 Å². The van der Waals surface area contributed by atoms with Crippen LogP contribution < -0.4 is 40.6 Å². The first-order chi connectivity index (χ1) is 32.2. The van der Waals surface area contributed by atoms with Gasteiger partial charge in [0.15, 0.2) is 52.5 Å². The monoisotopic (exact) mass is 1060 g/mol. The van der Waals surface area contributed by atoms with Crippen LogP contribution in [-0.4, -0.2) is 148 Å². The molecule has 8 heterocycles. The summed E-state index contributed by atoms with van der Waals surface area (Å²) in [7, 11) is 0. The third-order valence-electron chi connectivity index (χ3n) is 11.2. The van der Waals surface area contributed by atoms with Crippen molar-refractivity contribution >= 4 is 85.4 Å². The summed E-state index contributed by atoms with van der Waals surface area (Å²) in [6, 6.07) is 0. The van der Waals surface area contributed by atoms with Crippen LogP contribution in [0, 0.1) is 0 Å². The number of nitrogens with one attached hydrogen (secondary N) is 1. The molecule has 0 bridgehead atoms. The van der Waals surface area contributed by atoms with Crippen LogP contribution in [0.25, 0.3) is 22.3 Å². The van der Waals surface area contributed by atoms with E-state index in [1.54, 1.807) is 36.2 Å². The number of hydrogen-bond acceptors (Lipinski definition) is 20. The summed E-state index contributed by atoms with van der Waals surface area (Å²) in [5.74, 6) is 1.21. The van der Waals surface area contributed by atoms with Crippen molar-refractivity contribution in [3.05, 3.63) is 25.3 Å². The van der Waals surface area contributed by atoms with E-state index in [1.807, 2.05) is 56.9 Å². The van der Waals surface area contributed by atoms with Crippen molar-refractivity contribution in [2.75, 3.05) is 60.2 Å². The van der Waals surface area contributed by atoms with Crippen LogP contribution in [0.4, 0.5) is 11.6 Å². The maximum Gasteiger partial charge on any atom is 1.00 e. The number of fused-ring (bicyclic) bond motifs is 4. The molecule has 0 amide bonds. The molecule has 8 rings (SSSR count). The fourth-order valence-corrected chi connectivity index (χ4v) is 9.96. The zero-order valence-corrected chi connectivity index (χ0v) is 46.0. The first-order valence-electron chi connectivity index (χ1n) is 23.0. The van der Waals surface area contributed by atoms with Gasteiger partial charge >= 0.3 is 41.5 Å². The van der Waals surface area contributed by atoms with Crippen LogP contribution in [0.3, 0.4) is 0 Å². The molecule has 0 radical (unpaired) electrons. The molecule has 0 spiro atoms. The Hall–Kier alpha value is -2.42. The average Bonchev–Trinajstić information content (AvgIpc) is 4.14. The molecule has 374 valence electrons. The van der Waals surface area contributed by atoms with Crippen LogP contribution >= 0.6 is 39.5 Å². The van der Waals surface area contributed by atoms with Gasteiger partial charge in [0.25, 0.3) is 0 Å². The van der Waals surface area contributed by atoms with E-state index in [2.05, 4.69) is 57.4 Å². The number of imidazole rings is 2. The number of esters is 2. The van der Waals surface area contributed by atoms with Crippen molar-refractivity contribution in [3.63, 3.8) is 0 Å². The van der Waals surface area contributed by atoms with E-state index in [9.17, 15) is 9.59 Å². The molecule has 3 N–H and O–H groups in total. The van der Waals surface area contributed by atoms with Crippen molar-refractivity contribution in [2.24, 2.45) is 0 Å². The number of carbonyl (C=O) groups is 2. The number of nitrogen functional groups attached to an aromatic ring is 1. The fraction of sp³-hybridized carbons (Fsp3) is 0.727. The van der Waals surface area contributed by atoms with Gasteiger partial charge in [-0.2, -0.15) is 23.5 Å². The molecular weight excluding hydrogens is 996 g/mol. The molecule has 0 unspecified atom stereocenters. The normalized spacial score (nSPS) is 25.1. The summed E-state index contributed by atoms with van der Waals surface area (Å²) >= 11 is 6.78. The maximum atomic E-state index is 11.4. The summed E-state index contributed by atoms with van der Waals surface area (Å²) < 4.78 is 50.5. The number of thioether (sulfide) groups is 2. The van der Waals surface area contributed by atoms with Gasteiger partial charge in [0.2, 0.25) is 0 Å². The summed E-state index contributed by atoms with van der Waals surface area (Å²) in [6.07, 6.45) is 15.8. The van der Waals surface area contributed by atoms with E-state index in [-0.39, 0.29) is 92.0 Å². The standard InChI is InChI=1S/C22H33N5O5S.C14H19N5O3S.C8H15BrO2.Na.H/c1-5-29-15(28)9-7-6-8-10-23-19-16-20(25-12-24-19)27(13-26-16)21-18-17(14(30-21)11-33-4)31-22(2,3)32-18;1-14(2)21-9-7(4-23-3)20-13(10(9)22-14)19-6-18-8-11(15)16-5-17-12(8)19;1-2-11-8(10)6-4-3-5-7-9;;/h12-14,17-18,21H,5-11H2,1-4H3,(H,23,24,25);5-7,9-10,13H,4H2,1-3H3,(H2,15,16,17);2-7H2,1H3;;/q;;;+1;-1/t14-,17-,18-,21-;7-,9-,10-,13-;;;/m11.../s1. The second-order valence-electron chi connectivity index (χ2n) is 17.1. The third kappa shape index (κ3) is 14.6. The maximum absolute atomic E-state index is 11.4. The summed E-state index contributed by atoms with van der Waals surface area (Å²) in [5.41, 5.74) is 8.45.